The largest absolute Gasteiger partial charge is 0.330 e. The summed E-state index contributed by atoms with van der Waals surface area (Å²) in [7, 11) is 1.51. The summed E-state index contributed by atoms with van der Waals surface area (Å²) in [6.07, 6.45) is 2.84. The van der Waals surface area contributed by atoms with Gasteiger partial charge in [0.05, 0.1) is 31.5 Å². The topological polar surface area (TPSA) is 77.7 Å². The highest BCUT2D eigenvalue weighted by molar-refractivity contribution is 6.36. The minimum absolute atomic E-state index is 0.00785. The second kappa shape index (κ2) is 8.81. The van der Waals surface area contributed by atoms with Crippen LogP contribution in [0, 0.1) is 12.8 Å². The molecule has 0 saturated heterocycles. The Morgan fingerprint density at radius 2 is 2.07 bits per heavy atom. The number of halogens is 2. The van der Waals surface area contributed by atoms with Gasteiger partial charge < -0.3 is 10.6 Å². The maximum atomic E-state index is 13.6. The van der Waals surface area contributed by atoms with Crippen molar-refractivity contribution in [2.24, 2.45) is 11.7 Å². The Morgan fingerprint density at radius 3 is 2.77 bits per heavy atom. The van der Waals surface area contributed by atoms with E-state index in [0.29, 0.717) is 34.7 Å². The fourth-order valence-corrected chi connectivity index (χ4v) is 5.21. The average molecular weight is 450 g/mol. The summed E-state index contributed by atoms with van der Waals surface area (Å²) >= 11 is 12.6. The van der Waals surface area contributed by atoms with E-state index < -0.39 is 0 Å². The summed E-state index contributed by atoms with van der Waals surface area (Å²) in [5.74, 6) is 0.373. The highest BCUT2D eigenvalue weighted by atomic mass is 35.5. The molecule has 1 aromatic carbocycles. The first-order valence-electron chi connectivity index (χ1n) is 10.1. The van der Waals surface area contributed by atoms with Gasteiger partial charge >= 0.3 is 0 Å². The van der Waals surface area contributed by atoms with Gasteiger partial charge in [0.1, 0.15) is 0 Å². The van der Waals surface area contributed by atoms with E-state index in [1.54, 1.807) is 12.1 Å². The number of aryl methyl sites for hydroxylation is 1. The number of carbonyl (C=O) groups excluding carboxylic acids is 1. The Kier molecular flexibility index (Phi) is 6.32. The van der Waals surface area contributed by atoms with Crippen LogP contribution in [0.1, 0.15) is 46.6 Å². The molecule has 2 aromatic rings. The summed E-state index contributed by atoms with van der Waals surface area (Å²) in [5, 5.41) is 1.04. The molecule has 2 atom stereocenters. The number of hydrogen-bond acceptors (Lipinski definition) is 5. The first kappa shape index (κ1) is 21.5. The molecule has 2 N–H and O–H groups in total. The van der Waals surface area contributed by atoms with Gasteiger partial charge in [-0.3, -0.25) is 9.78 Å². The highest BCUT2D eigenvalue weighted by Crippen LogP contribution is 2.42. The molecule has 2 heterocycles. The number of rotatable bonds is 6. The molecule has 0 spiro atoms. The van der Waals surface area contributed by atoms with Crippen LogP contribution in [-0.4, -0.2) is 35.5 Å². The second-order valence-electron chi connectivity index (χ2n) is 7.92. The molecule has 1 saturated carbocycles. The Morgan fingerprint density at radius 1 is 1.27 bits per heavy atom. The van der Waals surface area contributed by atoms with Crippen LogP contribution in [0.3, 0.4) is 0 Å². The lowest BCUT2D eigenvalue weighted by atomic mass is 9.93. The third-order valence-corrected chi connectivity index (χ3v) is 6.70. The van der Waals surface area contributed by atoms with Crippen molar-refractivity contribution in [1.82, 2.24) is 9.88 Å². The minimum atomic E-state index is -0.00785. The Balaban J connectivity index is 1.72. The first-order chi connectivity index (χ1) is 14.4. The average Bonchev–Trinajstić information content (AvgIpc) is 3.30. The third-order valence-electron chi connectivity index (χ3n) is 6.16. The predicted octanol–water partition coefficient (Wildman–Crippen LogP) is 4.53. The molecule has 1 aliphatic heterocycles. The van der Waals surface area contributed by atoms with E-state index in [4.69, 9.17) is 43.7 Å². The number of carbonyl (C=O) groups is 1. The molecular weight excluding hydrogens is 425 g/mol. The maximum absolute atomic E-state index is 13.6. The molecule has 30 heavy (non-hydrogen) atoms. The van der Waals surface area contributed by atoms with E-state index in [1.807, 2.05) is 17.9 Å². The van der Waals surface area contributed by atoms with Gasteiger partial charge in [0, 0.05) is 39.5 Å². The fourth-order valence-electron chi connectivity index (χ4n) is 4.70. The standard InChI is InChI=1S/C22H25Cl2N3O3/c1-12-17(9-25)20(16-6-4-14(23)8-18(16)24)21-19(26-12)10-27(22(21)28)15-5-3-13(7-15)11-30-29-2/h4,6,8,13,15H,3,5,7,9-11,25H2,1-2H3. The number of pyridine rings is 1. The summed E-state index contributed by atoms with van der Waals surface area (Å²) in [6.45, 7) is 3.24. The zero-order valence-electron chi connectivity index (χ0n) is 17.1. The van der Waals surface area contributed by atoms with Gasteiger partial charge in [-0.2, -0.15) is 0 Å². The van der Waals surface area contributed by atoms with Crippen LogP contribution < -0.4 is 5.73 Å². The molecule has 6 nitrogen and oxygen atoms in total. The Hall–Kier alpha value is -1.70. The molecule has 1 aromatic heterocycles. The second-order valence-corrected chi connectivity index (χ2v) is 8.76. The SMILES string of the molecule is COOCC1CCC(N2Cc3nc(C)c(CN)c(-c4ccc(Cl)cc4Cl)c3C2=O)C1. The summed E-state index contributed by atoms with van der Waals surface area (Å²) in [6, 6.07) is 5.48. The van der Waals surface area contributed by atoms with E-state index >= 15 is 0 Å². The Labute approximate surface area is 186 Å². The molecular formula is C22H25Cl2N3O3. The van der Waals surface area contributed by atoms with Gasteiger partial charge in [-0.15, -0.1) is 0 Å². The zero-order valence-corrected chi connectivity index (χ0v) is 18.6. The van der Waals surface area contributed by atoms with Crippen molar-refractivity contribution in [2.45, 2.75) is 45.3 Å². The van der Waals surface area contributed by atoms with E-state index in [-0.39, 0.29) is 18.5 Å². The number of fused-ring (bicyclic) bond motifs is 1. The van der Waals surface area contributed by atoms with Crippen LogP contribution in [0.15, 0.2) is 18.2 Å². The van der Waals surface area contributed by atoms with E-state index in [2.05, 4.69) is 0 Å². The number of aromatic nitrogens is 1. The molecule has 1 amide bonds. The van der Waals surface area contributed by atoms with Crippen LogP contribution >= 0.6 is 23.2 Å². The van der Waals surface area contributed by atoms with Gasteiger partial charge in [-0.05, 0) is 49.8 Å². The van der Waals surface area contributed by atoms with Crippen molar-refractivity contribution in [1.29, 1.82) is 0 Å². The Bertz CT molecular complexity index is 983. The molecule has 2 unspecified atom stereocenters. The van der Waals surface area contributed by atoms with Gasteiger partial charge in [0.15, 0.2) is 0 Å². The van der Waals surface area contributed by atoms with Gasteiger partial charge in [-0.1, -0.05) is 29.3 Å². The summed E-state index contributed by atoms with van der Waals surface area (Å²) in [4.78, 5) is 30.1. The number of hydrogen-bond donors (Lipinski definition) is 1. The van der Waals surface area contributed by atoms with Crippen molar-refractivity contribution >= 4 is 29.1 Å². The molecule has 1 aliphatic carbocycles. The van der Waals surface area contributed by atoms with E-state index in [1.165, 1.54) is 7.11 Å². The number of amides is 1. The molecule has 8 heteroatoms. The van der Waals surface area contributed by atoms with Crippen LogP contribution in [-0.2, 0) is 22.9 Å². The van der Waals surface area contributed by atoms with Gasteiger partial charge in [0.25, 0.3) is 5.91 Å². The first-order valence-corrected chi connectivity index (χ1v) is 10.8. The molecule has 160 valence electrons. The minimum Gasteiger partial charge on any atom is -0.330 e. The van der Waals surface area contributed by atoms with Crippen LogP contribution in [0.2, 0.25) is 10.0 Å². The van der Waals surface area contributed by atoms with Crippen molar-refractivity contribution in [3.63, 3.8) is 0 Å². The number of benzene rings is 1. The quantitative estimate of drug-likeness (QED) is 0.517. The summed E-state index contributed by atoms with van der Waals surface area (Å²) in [5.41, 5.74) is 10.7. The van der Waals surface area contributed by atoms with Crippen molar-refractivity contribution in [2.75, 3.05) is 13.7 Å². The maximum Gasteiger partial charge on any atom is 0.257 e. The van der Waals surface area contributed by atoms with Gasteiger partial charge in [0.2, 0.25) is 0 Å². The van der Waals surface area contributed by atoms with Crippen LogP contribution in [0.4, 0.5) is 0 Å². The fraction of sp³-hybridized carbons (Fsp3) is 0.455. The molecule has 2 aliphatic rings. The molecule has 1 fully saturated rings. The van der Waals surface area contributed by atoms with Crippen molar-refractivity contribution < 1.29 is 14.6 Å². The number of nitrogens with zero attached hydrogens (tertiary/aromatic N) is 2. The highest BCUT2D eigenvalue weighted by Gasteiger charge is 2.40. The monoisotopic (exact) mass is 449 g/mol. The van der Waals surface area contributed by atoms with E-state index in [0.717, 1.165) is 47.3 Å². The molecule has 4 rings (SSSR count). The van der Waals surface area contributed by atoms with Crippen molar-refractivity contribution in [3.05, 3.63) is 50.8 Å². The van der Waals surface area contributed by atoms with Crippen molar-refractivity contribution in [3.8, 4) is 11.1 Å². The van der Waals surface area contributed by atoms with E-state index in [9.17, 15) is 4.79 Å². The number of nitrogens with two attached hydrogens (primary N) is 1. The summed E-state index contributed by atoms with van der Waals surface area (Å²) < 4.78 is 0. The van der Waals surface area contributed by atoms with Crippen LogP contribution in [0.5, 0.6) is 0 Å². The van der Waals surface area contributed by atoms with Crippen LogP contribution in [0.25, 0.3) is 11.1 Å². The lowest BCUT2D eigenvalue weighted by molar-refractivity contribution is -0.279. The normalized spacial score (nSPS) is 20.8. The smallest absolute Gasteiger partial charge is 0.257 e. The zero-order chi connectivity index (χ0) is 21.4. The van der Waals surface area contributed by atoms with Gasteiger partial charge in [-0.25, -0.2) is 9.78 Å². The molecule has 0 radical (unpaired) electrons. The third kappa shape index (κ3) is 3.83. The predicted molar refractivity (Wildman–Crippen MR) is 116 cm³/mol. The lowest BCUT2D eigenvalue weighted by Crippen LogP contribution is -2.34. The molecule has 0 bridgehead atoms. The lowest BCUT2D eigenvalue weighted by Gasteiger charge is -2.24.